The Hall–Kier alpha value is -1.18. The van der Waals surface area contributed by atoms with Crippen molar-refractivity contribution >= 4 is 23.0 Å². The van der Waals surface area contributed by atoms with Crippen LogP contribution in [0.15, 0.2) is 12.4 Å². The zero-order chi connectivity index (χ0) is 14.8. The summed E-state index contributed by atoms with van der Waals surface area (Å²) in [5, 5.41) is 11.1. The van der Waals surface area contributed by atoms with Crippen LogP contribution < -0.4 is 10.6 Å². The van der Waals surface area contributed by atoms with E-state index < -0.39 is 0 Å². The van der Waals surface area contributed by atoms with Crippen molar-refractivity contribution in [1.29, 1.82) is 0 Å². The lowest BCUT2D eigenvalue weighted by molar-refractivity contribution is 0.120. The van der Waals surface area contributed by atoms with Gasteiger partial charge in [0.2, 0.25) is 0 Å². The highest BCUT2D eigenvalue weighted by atomic mass is 32.1. The van der Waals surface area contributed by atoms with Crippen LogP contribution in [0.1, 0.15) is 20.3 Å². The van der Waals surface area contributed by atoms with Gasteiger partial charge in [-0.05, 0) is 38.3 Å². The van der Waals surface area contributed by atoms with Gasteiger partial charge in [-0.1, -0.05) is 13.8 Å². The van der Waals surface area contributed by atoms with Gasteiger partial charge in [-0.2, -0.15) is 5.10 Å². The number of thiocarbonyl (C=S) groups is 1. The summed E-state index contributed by atoms with van der Waals surface area (Å²) >= 11 is 5.24. The zero-order valence-corrected chi connectivity index (χ0v) is 13.4. The lowest BCUT2D eigenvalue weighted by Crippen LogP contribution is -2.32. The first-order chi connectivity index (χ1) is 9.69. The highest BCUT2D eigenvalue weighted by molar-refractivity contribution is 7.80. The molecule has 0 fully saturated rings. The maximum atomic E-state index is 5.24. The third kappa shape index (κ3) is 6.31. The van der Waals surface area contributed by atoms with Gasteiger partial charge < -0.3 is 20.3 Å². The molecule has 1 rings (SSSR count). The van der Waals surface area contributed by atoms with E-state index in [0.717, 1.165) is 38.3 Å². The van der Waals surface area contributed by atoms with Crippen molar-refractivity contribution in [1.82, 2.24) is 20.0 Å². The van der Waals surface area contributed by atoms with Gasteiger partial charge in [-0.25, -0.2) is 4.68 Å². The number of aromatic nitrogens is 2. The van der Waals surface area contributed by atoms with E-state index in [2.05, 4.69) is 34.5 Å². The molecule has 114 valence electrons. The van der Waals surface area contributed by atoms with E-state index in [-0.39, 0.29) is 0 Å². The Morgan fingerprint density at radius 1 is 1.45 bits per heavy atom. The molecule has 0 aromatic carbocycles. The molecule has 1 heterocycles. The molecule has 0 aliphatic heterocycles. The SMILES string of the molecule is CCN(CC)CCCNC(=S)Nc1cnn(COC)c1. The minimum atomic E-state index is 0.436. The molecule has 20 heavy (non-hydrogen) atoms. The van der Waals surface area contributed by atoms with Gasteiger partial charge in [0.15, 0.2) is 5.11 Å². The Morgan fingerprint density at radius 3 is 2.85 bits per heavy atom. The first-order valence-corrected chi connectivity index (χ1v) is 7.39. The van der Waals surface area contributed by atoms with Crippen LogP contribution in [0.2, 0.25) is 0 Å². The summed E-state index contributed by atoms with van der Waals surface area (Å²) < 4.78 is 6.69. The second-order valence-corrected chi connectivity index (χ2v) is 4.86. The number of hydrogen-bond donors (Lipinski definition) is 2. The molecule has 0 spiro atoms. The van der Waals surface area contributed by atoms with Crippen LogP contribution in [0.4, 0.5) is 5.69 Å². The van der Waals surface area contributed by atoms with E-state index in [1.807, 2.05) is 6.20 Å². The minimum Gasteiger partial charge on any atom is -0.362 e. The van der Waals surface area contributed by atoms with E-state index in [1.54, 1.807) is 18.0 Å². The molecule has 0 unspecified atom stereocenters. The highest BCUT2D eigenvalue weighted by Gasteiger charge is 2.02. The topological polar surface area (TPSA) is 54.3 Å². The largest absolute Gasteiger partial charge is 0.362 e. The number of rotatable bonds is 9. The van der Waals surface area contributed by atoms with Gasteiger partial charge in [0.25, 0.3) is 0 Å². The molecule has 0 radical (unpaired) electrons. The average molecular weight is 299 g/mol. The van der Waals surface area contributed by atoms with Gasteiger partial charge >= 0.3 is 0 Å². The van der Waals surface area contributed by atoms with E-state index in [1.165, 1.54) is 0 Å². The molecule has 0 aliphatic carbocycles. The fourth-order valence-electron chi connectivity index (χ4n) is 1.85. The van der Waals surface area contributed by atoms with Gasteiger partial charge in [-0.3, -0.25) is 0 Å². The van der Waals surface area contributed by atoms with Crippen molar-refractivity contribution in [2.45, 2.75) is 27.0 Å². The van der Waals surface area contributed by atoms with Crippen LogP contribution in [0.5, 0.6) is 0 Å². The molecule has 0 bridgehead atoms. The molecule has 2 N–H and O–H groups in total. The quantitative estimate of drug-likeness (QED) is 0.532. The summed E-state index contributed by atoms with van der Waals surface area (Å²) in [5.74, 6) is 0. The van der Waals surface area contributed by atoms with Crippen LogP contribution in [-0.2, 0) is 11.5 Å². The van der Waals surface area contributed by atoms with Gasteiger partial charge in [0, 0.05) is 13.7 Å². The molecular weight excluding hydrogens is 274 g/mol. The average Bonchev–Trinajstić information content (AvgIpc) is 2.87. The molecular formula is C13H25N5OS. The molecule has 0 amide bonds. The zero-order valence-electron chi connectivity index (χ0n) is 12.6. The van der Waals surface area contributed by atoms with E-state index in [9.17, 15) is 0 Å². The summed E-state index contributed by atoms with van der Waals surface area (Å²) in [4.78, 5) is 2.40. The molecule has 0 atom stereocenters. The Morgan fingerprint density at radius 2 is 2.20 bits per heavy atom. The Labute approximate surface area is 126 Å². The normalized spacial score (nSPS) is 10.8. The summed E-state index contributed by atoms with van der Waals surface area (Å²) in [6, 6.07) is 0. The fourth-order valence-corrected chi connectivity index (χ4v) is 2.07. The van der Waals surface area contributed by atoms with Crippen LogP contribution in [-0.4, -0.2) is 53.1 Å². The second-order valence-electron chi connectivity index (χ2n) is 4.45. The Kier molecular flexibility index (Phi) is 8.17. The van der Waals surface area contributed by atoms with Crippen LogP contribution in [0.25, 0.3) is 0 Å². The summed E-state index contributed by atoms with van der Waals surface area (Å²) in [7, 11) is 1.64. The van der Waals surface area contributed by atoms with Gasteiger partial charge in [-0.15, -0.1) is 0 Å². The number of anilines is 1. The predicted molar refractivity (Wildman–Crippen MR) is 85.9 cm³/mol. The number of hydrogen-bond acceptors (Lipinski definition) is 4. The second kappa shape index (κ2) is 9.68. The number of nitrogens with zero attached hydrogens (tertiary/aromatic N) is 3. The maximum Gasteiger partial charge on any atom is 0.170 e. The Balaban J connectivity index is 2.19. The molecule has 0 aliphatic rings. The summed E-state index contributed by atoms with van der Waals surface area (Å²) in [6.45, 7) is 8.95. The van der Waals surface area contributed by atoms with Crippen molar-refractivity contribution in [3.63, 3.8) is 0 Å². The summed E-state index contributed by atoms with van der Waals surface area (Å²) in [6.07, 6.45) is 4.66. The van der Waals surface area contributed by atoms with Crippen LogP contribution in [0.3, 0.4) is 0 Å². The first-order valence-electron chi connectivity index (χ1n) is 6.98. The number of ether oxygens (including phenoxy) is 1. The van der Waals surface area contributed by atoms with Gasteiger partial charge in [0.05, 0.1) is 18.1 Å². The molecule has 0 saturated heterocycles. The van der Waals surface area contributed by atoms with Crippen LogP contribution in [0, 0.1) is 0 Å². The maximum absolute atomic E-state index is 5.24. The molecule has 7 heteroatoms. The van der Waals surface area contributed by atoms with E-state index >= 15 is 0 Å². The molecule has 1 aromatic heterocycles. The van der Waals surface area contributed by atoms with Crippen molar-refractivity contribution in [2.75, 3.05) is 38.6 Å². The minimum absolute atomic E-state index is 0.436. The predicted octanol–water partition coefficient (Wildman–Crippen LogP) is 1.51. The lowest BCUT2D eigenvalue weighted by atomic mass is 10.3. The van der Waals surface area contributed by atoms with Crippen molar-refractivity contribution in [3.8, 4) is 0 Å². The number of methoxy groups -OCH3 is 1. The fraction of sp³-hybridized carbons (Fsp3) is 0.692. The van der Waals surface area contributed by atoms with Crippen molar-refractivity contribution in [2.24, 2.45) is 0 Å². The third-order valence-corrected chi connectivity index (χ3v) is 3.23. The first kappa shape index (κ1) is 16.9. The van der Waals surface area contributed by atoms with E-state index in [0.29, 0.717) is 11.8 Å². The van der Waals surface area contributed by atoms with Crippen molar-refractivity contribution in [3.05, 3.63) is 12.4 Å². The monoisotopic (exact) mass is 299 g/mol. The molecule has 0 saturated carbocycles. The van der Waals surface area contributed by atoms with Crippen molar-refractivity contribution < 1.29 is 4.74 Å². The number of nitrogens with one attached hydrogen (secondary N) is 2. The van der Waals surface area contributed by atoms with E-state index in [4.69, 9.17) is 17.0 Å². The Bertz CT molecular complexity index is 392. The highest BCUT2D eigenvalue weighted by Crippen LogP contribution is 2.04. The molecule has 1 aromatic rings. The lowest BCUT2D eigenvalue weighted by Gasteiger charge is -2.18. The standard InChI is InChI=1S/C13H25N5OS/c1-4-17(5-2)8-6-7-14-13(20)16-12-9-15-18(10-12)11-19-3/h9-10H,4-8,11H2,1-3H3,(H2,14,16,20). The summed E-state index contributed by atoms with van der Waals surface area (Å²) in [5.41, 5.74) is 0.864. The molecule has 6 nitrogen and oxygen atoms in total. The third-order valence-electron chi connectivity index (χ3n) is 2.98. The smallest absolute Gasteiger partial charge is 0.170 e. The van der Waals surface area contributed by atoms with Gasteiger partial charge in [0.1, 0.15) is 6.73 Å². The van der Waals surface area contributed by atoms with Crippen LogP contribution >= 0.6 is 12.2 Å².